The molecule has 0 aromatic carbocycles. The van der Waals surface area contributed by atoms with Crippen LogP contribution in [0.15, 0.2) is 0 Å². The maximum Gasteiger partial charge on any atom is 0.217 e. The molecule has 1 aliphatic carbocycles. The third-order valence-electron chi connectivity index (χ3n) is 4.22. The van der Waals surface area contributed by atoms with Crippen LogP contribution in [0.2, 0.25) is 0 Å². The van der Waals surface area contributed by atoms with Gasteiger partial charge >= 0.3 is 0 Å². The van der Waals surface area contributed by atoms with Crippen LogP contribution >= 0.6 is 0 Å². The van der Waals surface area contributed by atoms with Gasteiger partial charge in [0.2, 0.25) is 10.0 Å². The van der Waals surface area contributed by atoms with E-state index in [2.05, 4.69) is 0 Å². The van der Waals surface area contributed by atoms with Crippen molar-refractivity contribution in [2.75, 3.05) is 13.1 Å². The van der Waals surface area contributed by atoms with Crippen molar-refractivity contribution in [2.45, 2.75) is 57.3 Å². The summed E-state index contributed by atoms with van der Waals surface area (Å²) in [6.45, 7) is 4.80. The number of aliphatic hydroxyl groups excluding tert-OH is 1. The highest BCUT2D eigenvalue weighted by Gasteiger charge is 2.42. The van der Waals surface area contributed by atoms with Crippen LogP contribution in [0.5, 0.6) is 0 Å². The maximum atomic E-state index is 12.4. The summed E-state index contributed by atoms with van der Waals surface area (Å²) in [6.07, 6.45) is 3.84. The number of piperidine rings is 1. The second kappa shape index (κ2) is 4.52. The summed E-state index contributed by atoms with van der Waals surface area (Å²) in [6, 6.07) is 0. The molecule has 5 heteroatoms. The Balaban J connectivity index is 2.12. The molecule has 4 nitrogen and oxygen atoms in total. The fourth-order valence-corrected chi connectivity index (χ4v) is 5.13. The molecular weight excluding hydrogens is 238 g/mol. The lowest BCUT2D eigenvalue weighted by Gasteiger charge is -2.41. The molecule has 17 heavy (non-hydrogen) atoms. The van der Waals surface area contributed by atoms with Crippen molar-refractivity contribution >= 4 is 10.0 Å². The molecule has 2 rings (SSSR count). The smallest absolute Gasteiger partial charge is 0.217 e. The van der Waals surface area contributed by atoms with Gasteiger partial charge in [0.05, 0.1) is 11.4 Å². The van der Waals surface area contributed by atoms with E-state index in [0.717, 1.165) is 25.7 Å². The summed E-state index contributed by atoms with van der Waals surface area (Å²) >= 11 is 0. The van der Waals surface area contributed by atoms with Crippen molar-refractivity contribution in [2.24, 2.45) is 5.41 Å². The molecule has 1 saturated carbocycles. The molecule has 2 aliphatic rings. The Hall–Kier alpha value is -0.130. The van der Waals surface area contributed by atoms with E-state index in [0.29, 0.717) is 19.5 Å². The van der Waals surface area contributed by atoms with E-state index in [1.165, 1.54) is 0 Å². The minimum Gasteiger partial charge on any atom is -0.392 e. The van der Waals surface area contributed by atoms with E-state index < -0.39 is 16.1 Å². The standard InChI is InChI=1S/C12H23NO3S/c1-12(2)9-13(8-7-11(12)14)17(15,16)10-5-3-4-6-10/h10-11,14H,3-9H2,1-2H3. The van der Waals surface area contributed by atoms with E-state index in [9.17, 15) is 13.5 Å². The molecule has 1 saturated heterocycles. The topological polar surface area (TPSA) is 57.6 Å². The SMILES string of the molecule is CC1(C)CN(S(=O)(=O)C2CCCC2)CCC1O. The predicted molar refractivity (Wildman–Crippen MR) is 67.2 cm³/mol. The van der Waals surface area contributed by atoms with Crippen LogP contribution in [0, 0.1) is 5.41 Å². The van der Waals surface area contributed by atoms with Gasteiger partial charge in [-0.2, -0.15) is 0 Å². The highest BCUT2D eigenvalue weighted by atomic mass is 32.2. The zero-order valence-corrected chi connectivity index (χ0v) is 11.5. The van der Waals surface area contributed by atoms with Gasteiger partial charge in [-0.05, 0) is 19.3 Å². The van der Waals surface area contributed by atoms with Crippen molar-refractivity contribution in [3.63, 3.8) is 0 Å². The number of aliphatic hydroxyl groups is 1. The number of rotatable bonds is 2. The molecule has 1 N–H and O–H groups in total. The Morgan fingerprint density at radius 1 is 1.18 bits per heavy atom. The van der Waals surface area contributed by atoms with Gasteiger partial charge < -0.3 is 5.11 Å². The fourth-order valence-electron chi connectivity index (χ4n) is 2.91. The summed E-state index contributed by atoms with van der Waals surface area (Å²) in [5, 5.41) is 9.69. The van der Waals surface area contributed by atoms with Gasteiger partial charge in [0.15, 0.2) is 0 Å². The average Bonchev–Trinajstić information content (AvgIpc) is 2.75. The highest BCUT2D eigenvalue weighted by Crippen LogP contribution is 2.34. The molecule has 100 valence electrons. The van der Waals surface area contributed by atoms with Crippen molar-refractivity contribution in [1.82, 2.24) is 4.31 Å². The normalized spacial score (nSPS) is 31.8. The first kappa shape index (κ1) is 13.3. The number of hydrogen-bond acceptors (Lipinski definition) is 3. The first-order chi connectivity index (χ1) is 7.84. The second-order valence-electron chi connectivity index (χ2n) is 6.08. The molecule has 1 atom stereocenters. The summed E-state index contributed by atoms with van der Waals surface area (Å²) in [4.78, 5) is 0. The maximum absolute atomic E-state index is 12.4. The average molecular weight is 261 g/mol. The quantitative estimate of drug-likeness (QED) is 0.816. The highest BCUT2D eigenvalue weighted by molar-refractivity contribution is 7.89. The van der Waals surface area contributed by atoms with Gasteiger partial charge in [0, 0.05) is 18.5 Å². The second-order valence-corrected chi connectivity index (χ2v) is 8.29. The molecule has 0 bridgehead atoms. The molecule has 1 aliphatic heterocycles. The van der Waals surface area contributed by atoms with Gasteiger partial charge in [-0.3, -0.25) is 0 Å². The molecule has 0 spiro atoms. The Morgan fingerprint density at radius 3 is 2.29 bits per heavy atom. The van der Waals surface area contributed by atoms with Crippen LogP contribution in [0.3, 0.4) is 0 Å². The lowest BCUT2D eigenvalue weighted by molar-refractivity contribution is -0.000545. The van der Waals surface area contributed by atoms with Gasteiger partial charge in [-0.15, -0.1) is 0 Å². The van der Waals surface area contributed by atoms with Crippen LogP contribution < -0.4 is 0 Å². The zero-order chi connectivity index (χ0) is 12.7. The molecule has 1 unspecified atom stereocenters. The van der Waals surface area contributed by atoms with E-state index in [1.54, 1.807) is 4.31 Å². The van der Waals surface area contributed by atoms with Crippen molar-refractivity contribution < 1.29 is 13.5 Å². The molecule has 2 fully saturated rings. The van der Waals surface area contributed by atoms with E-state index in [4.69, 9.17) is 0 Å². The van der Waals surface area contributed by atoms with E-state index in [1.807, 2.05) is 13.8 Å². The molecular formula is C12H23NO3S. The first-order valence-electron chi connectivity index (χ1n) is 6.51. The van der Waals surface area contributed by atoms with Crippen LogP contribution in [-0.4, -0.2) is 42.3 Å². The lowest BCUT2D eigenvalue weighted by atomic mass is 9.82. The predicted octanol–water partition coefficient (Wildman–Crippen LogP) is 1.35. The number of hydrogen-bond donors (Lipinski definition) is 1. The molecule has 0 radical (unpaired) electrons. The van der Waals surface area contributed by atoms with Crippen molar-refractivity contribution in [3.05, 3.63) is 0 Å². The molecule has 0 aromatic heterocycles. The Kier molecular flexibility index (Phi) is 3.54. The molecule has 0 amide bonds. The summed E-state index contributed by atoms with van der Waals surface area (Å²) in [5.41, 5.74) is -0.329. The zero-order valence-electron chi connectivity index (χ0n) is 10.7. The van der Waals surface area contributed by atoms with Gasteiger partial charge in [-0.25, -0.2) is 12.7 Å². The summed E-state index contributed by atoms with van der Waals surface area (Å²) < 4.78 is 26.5. The van der Waals surface area contributed by atoms with Crippen LogP contribution in [0.25, 0.3) is 0 Å². The largest absolute Gasteiger partial charge is 0.392 e. The Morgan fingerprint density at radius 2 is 1.76 bits per heavy atom. The molecule has 1 heterocycles. The third kappa shape index (κ3) is 2.51. The summed E-state index contributed by atoms with van der Waals surface area (Å²) in [5.74, 6) is 0. The van der Waals surface area contributed by atoms with Crippen LogP contribution in [-0.2, 0) is 10.0 Å². The van der Waals surface area contributed by atoms with E-state index >= 15 is 0 Å². The molecule has 0 aromatic rings. The van der Waals surface area contributed by atoms with Gasteiger partial charge in [0.25, 0.3) is 0 Å². The fraction of sp³-hybridized carbons (Fsp3) is 1.00. The number of nitrogens with zero attached hydrogens (tertiary/aromatic N) is 1. The summed E-state index contributed by atoms with van der Waals surface area (Å²) in [7, 11) is -3.13. The Bertz CT molecular complexity index is 371. The van der Waals surface area contributed by atoms with Crippen LogP contribution in [0.1, 0.15) is 46.0 Å². The minimum absolute atomic E-state index is 0.173. The number of sulfonamides is 1. The van der Waals surface area contributed by atoms with E-state index in [-0.39, 0.29) is 10.7 Å². The van der Waals surface area contributed by atoms with Gasteiger partial charge in [-0.1, -0.05) is 26.7 Å². The lowest BCUT2D eigenvalue weighted by Crippen LogP contribution is -2.52. The van der Waals surface area contributed by atoms with Crippen LogP contribution in [0.4, 0.5) is 0 Å². The minimum atomic E-state index is -3.13. The van der Waals surface area contributed by atoms with Gasteiger partial charge in [0.1, 0.15) is 0 Å². The van der Waals surface area contributed by atoms with Crippen molar-refractivity contribution in [3.8, 4) is 0 Å². The third-order valence-corrected chi connectivity index (χ3v) is 6.57. The first-order valence-corrected chi connectivity index (χ1v) is 8.01. The Labute approximate surface area is 104 Å². The van der Waals surface area contributed by atoms with Crippen molar-refractivity contribution in [1.29, 1.82) is 0 Å². The monoisotopic (exact) mass is 261 g/mol.